The molecule has 0 aliphatic heterocycles. The van der Waals surface area contributed by atoms with Gasteiger partial charge in [-0.15, -0.1) is 0 Å². The van der Waals surface area contributed by atoms with Crippen LogP contribution in [0.15, 0.2) is 11.6 Å². The molecule has 14 heavy (non-hydrogen) atoms. The van der Waals surface area contributed by atoms with Gasteiger partial charge in [0.1, 0.15) is 0 Å². The van der Waals surface area contributed by atoms with Crippen molar-refractivity contribution in [1.29, 1.82) is 0 Å². The van der Waals surface area contributed by atoms with Crippen molar-refractivity contribution in [2.75, 3.05) is 0 Å². The molecule has 0 heterocycles. The average Bonchev–Trinajstić information content (AvgIpc) is 1.75. The molecule has 1 nitrogen and oxygen atoms in total. The van der Waals surface area contributed by atoms with Crippen molar-refractivity contribution in [2.24, 2.45) is 16.7 Å². The quantitative estimate of drug-likeness (QED) is 0.589. The van der Waals surface area contributed by atoms with E-state index in [0.717, 1.165) is 6.42 Å². The van der Waals surface area contributed by atoms with Crippen LogP contribution < -0.4 is 0 Å². The Bertz CT molecular complexity index is 242. The number of allylic oxidation sites excluding steroid dienone is 1. The maximum Gasteiger partial charge on any atom is 0.0728 e. The fourth-order valence-electron chi connectivity index (χ4n) is 3.59. The third-order valence-electron chi connectivity index (χ3n) is 3.29. The highest BCUT2D eigenvalue weighted by atomic mass is 16.3. The Labute approximate surface area is 88.2 Å². The standard InChI is InChI=1S/C13H24O/c1-9-7-10(14)8-13(5,6)11(9)12(2,3)4/h7,10-11,14H,8H2,1-6H3. The van der Waals surface area contributed by atoms with Gasteiger partial charge in [0.25, 0.3) is 0 Å². The summed E-state index contributed by atoms with van der Waals surface area (Å²) in [4.78, 5) is 0. The van der Waals surface area contributed by atoms with Crippen molar-refractivity contribution in [3.05, 3.63) is 11.6 Å². The van der Waals surface area contributed by atoms with E-state index in [1.165, 1.54) is 5.57 Å². The molecule has 2 unspecified atom stereocenters. The van der Waals surface area contributed by atoms with Crippen molar-refractivity contribution < 1.29 is 5.11 Å². The van der Waals surface area contributed by atoms with Gasteiger partial charge in [0.2, 0.25) is 0 Å². The molecule has 1 heteroatoms. The monoisotopic (exact) mass is 196 g/mol. The van der Waals surface area contributed by atoms with Crippen LogP contribution in [-0.2, 0) is 0 Å². The second-order valence-electron chi connectivity index (χ2n) is 6.47. The number of hydrogen-bond donors (Lipinski definition) is 1. The molecule has 0 bridgehead atoms. The third kappa shape index (κ3) is 2.20. The van der Waals surface area contributed by atoms with Crippen LogP contribution in [0, 0.1) is 16.7 Å². The zero-order valence-electron chi connectivity index (χ0n) is 10.4. The van der Waals surface area contributed by atoms with Gasteiger partial charge in [0, 0.05) is 0 Å². The predicted molar refractivity (Wildman–Crippen MR) is 61.1 cm³/mol. The Morgan fingerprint density at radius 3 is 2.21 bits per heavy atom. The lowest BCUT2D eigenvalue weighted by atomic mass is 9.58. The van der Waals surface area contributed by atoms with Crippen molar-refractivity contribution in [3.63, 3.8) is 0 Å². The zero-order chi connectivity index (χ0) is 11.1. The molecule has 1 rings (SSSR count). The first kappa shape index (κ1) is 11.8. The molecular formula is C13H24O. The fraction of sp³-hybridized carbons (Fsp3) is 0.846. The molecule has 0 saturated carbocycles. The SMILES string of the molecule is CC1=CC(O)CC(C)(C)C1C(C)(C)C. The highest BCUT2D eigenvalue weighted by molar-refractivity contribution is 5.18. The first-order valence-electron chi connectivity index (χ1n) is 5.51. The number of hydrogen-bond acceptors (Lipinski definition) is 1. The fourth-order valence-corrected chi connectivity index (χ4v) is 3.59. The van der Waals surface area contributed by atoms with E-state index in [9.17, 15) is 5.11 Å². The normalized spacial score (nSPS) is 32.6. The second-order valence-corrected chi connectivity index (χ2v) is 6.47. The van der Waals surface area contributed by atoms with Gasteiger partial charge >= 0.3 is 0 Å². The van der Waals surface area contributed by atoms with E-state index in [-0.39, 0.29) is 16.9 Å². The van der Waals surface area contributed by atoms with Gasteiger partial charge in [-0.05, 0) is 30.1 Å². The maximum absolute atomic E-state index is 9.72. The third-order valence-corrected chi connectivity index (χ3v) is 3.29. The van der Waals surface area contributed by atoms with E-state index < -0.39 is 0 Å². The van der Waals surface area contributed by atoms with Gasteiger partial charge in [0.15, 0.2) is 0 Å². The summed E-state index contributed by atoms with van der Waals surface area (Å²) in [7, 11) is 0. The number of aliphatic hydroxyl groups excluding tert-OH is 1. The average molecular weight is 196 g/mol. The van der Waals surface area contributed by atoms with Crippen LogP contribution in [0.3, 0.4) is 0 Å². The van der Waals surface area contributed by atoms with E-state index in [4.69, 9.17) is 0 Å². The molecule has 1 aliphatic rings. The van der Waals surface area contributed by atoms with Gasteiger partial charge < -0.3 is 5.11 Å². The summed E-state index contributed by atoms with van der Waals surface area (Å²) >= 11 is 0. The summed E-state index contributed by atoms with van der Waals surface area (Å²) in [6.07, 6.45) is 2.66. The van der Waals surface area contributed by atoms with Gasteiger partial charge in [-0.3, -0.25) is 0 Å². The second kappa shape index (κ2) is 3.37. The summed E-state index contributed by atoms with van der Waals surface area (Å²) < 4.78 is 0. The highest BCUT2D eigenvalue weighted by Crippen LogP contribution is 2.49. The minimum atomic E-state index is -0.247. The number of aliphatic hydroxyl groups is 1. The van der Waals surface area contributed by atoms with Crippen LogP contribution >= 0.6 is 0 Å². The minimum Gasteiger partial charge on any atom is -0.389 e. The van der Waals surface area contributed by atoms with E-state index >= 15 is 0 Å². The summed E-state index contributed by atoms with van der Waals surface area (Å²) in [5.74, 6) is 0.568. The van der Waals surface area contributed by atoms with E-state index in [1.54, 1.807) is 0 Å². The topological polar surface area (TPSA) is 20.2 Å². The lowest BCUT2D eigenvalue weighted by molar-refractivity contribution is 0.0492. The first-order valence-corrected chi connectivity index (χ1v) is 5.51. The molecule has 0 spiro atoms. The Morgan fingerprint density at radius 1 is 1.36 bits per heavy atom. The molecule has 0 aromatic heterocycles. The summed E-state index contributed by atoms with van der Waals surface area (Å²) in [6, 6.07) is 0. The van der Waals surface area contributed by atoms with Gasteiger partial charge in [-0.1, -0.05) is 46.3 Å². The molecule has 0 saturated heterocycles. The molecule has 1 N–H and O–H groups in total. The van der Waals surface area contributed by atoms with Crippen molar-refractivity contribution in [2.45, 2.75) is 54.1 Å². The molecule has 82 valence electrons. The Morgan fingerprint density at radius 2 is 1.86 bits per heavy atom. The Hall–Kier alpha value is -0.300. The minimum absolute atomic E-state index is 0.205. The largest absolute Gasteiger partial charge is 0.389 e. The number of rotatable bonds is 0. The van der Waals surface area contributed by atoms with Gasteiger partial charge in [0.05, 0.1) is 6.10 Å². The molecule has 2 atom stereocenters. The molecule has 0 fully saturated rings. The van der Waals surface area contributed by atoms with Crippen LogP contribution in [0.4, 0.5) is 0 Å². The first-order chi connectivity index (χ1) is 6.14. The van der Waals surface area contributed by atoms with Crippen molar-refractivity contribution in [3.8, 4) is 0 Å². The smallest absolute Gasteiger partial charge is 0.0728 e. The zero-order valence-corrected chi connectivity index (χ0v) is 10.4. The lowest BCUT2D eigenvalue weighted by Crippen LogP contribution is -2.40. The van der Waals surface area contributed by atoms with Crippen LogP contribution in [0.5, 0.6) is 0 Å². The molecule has 0 amide bonds. The van der Waals surface area contributed by atoms with Crippen LogP contribution in [-0.4, -0.2) is 11.2 Å². The summed E-state index contributed by atoms with van der Waals surface area (Å²) in [5.41, 5.74) is 1.84. The lowest BCUT2D eigenvalue weighted by Gasteiger charge is -2.47. The predicted octanol–water partition coefficient (Wildman–Crippen LogP) is 3.39. The molecule has 0 aromatic carbocycles. The van der Waals surface area contributed by atoms with Crippen molar-refractivity contribution in [1.82, 2.24) is 0 Å². The van der Waals surface area contributed by atoms with Crippen LogP contribution in [0.2, 0.25) is 0 Å². The van der Waals surface area contributed by atoms with Gasteiger partial charge in [-0.25, -0.2) is 0 Å². The summed E-state index contributed by atoms with van der Waals surface area (Å²) in [5, 5.41) is 9.72. The molecule has 0 aromatic rings. The molecule has 1 aliphatic carbocycles. The van der Waals surface area contributed by atoms with E-state index in [0.29, 0.717) is 5.92 Å². The molecule has 0 radical (unpaired) electrons. The van der Waals surface area contributed by atoms with Gasteiger partial charge in [-0.2, -0.15) is 0 Å². The van der Waals surface area contributed by atoms with Crippen LogP contribution in [0.1, 0.15) is 48.0 Å². The Balaban J connectivity index is 3.08. The highest BCUT2D eigenvalue weighted by Gasteiger charge is 2.42. The Kier molecular flexibility index (Phi) is 2.84. The van der Waals surface area contributed by atoms with Crippen LogP contribution in [0.25, 0.3) is 0 Å². The maximum atomic E-state index is 9.72. The molecular weight excluding hydrogens is 172 g/mol. The van der Waals surface area contributed by atoms with E-state index in [1.807, 2.05) is 6.08 Å². The van der Waals surface area contributed by atoms with E-state index in [2.05, 4.69) is 41.5 Å². The van der Waals surface area contributed by atoms with Crippen molar-refractivity contribution >= 4 is 0 Å². The summed E-state index contributed by atoms with van der Waals surface area (Å²) in [6.45, 7) is 13.5.